The van der Waals surface area contributed by atoms with E-state index in [1.165, 1.54) is 0 Å². The number of carbonyl (C=O) groups is 1. The first kappa shape index (κ1) is 18.3. The summed E-state index contributed by atoms with van der Waals surface area (Å²) in [6, 6.07) is 11.7. The van der Waals surface area contributed by atoms with Crippen LogP contribution < -0.4 is 16.0 Å². The van der Waals surface area contributed by atoms with Crippen LogP contribution >= 0.6 is 0 Å². The van der Waals surface area contributed by atoms with Gasteiger partial charge in [-0.1, -0.05) is 18.2 Å². The molecule has 0 spiro atoms. The van der Waals surface area contributed by atoms with Gasteiger partial charge in [0.2, 0.25) is 5.91 Å². The van der Waals surface area contributed by atoms with Crippen molar-refractivity contribution in [2.45, 2.75) is 18.9 Å². The van der Waals surface area contributed by atoms with Crippen molar-refractivity contribution in [2.75, 3.05) is 23.0 Å². The van der Waals surface area contributed by atoms with Gasteiger partial charge in [-0.2, -0.15) is 9.61 Å². The number of hydrogen-bond acceptors (Lipinski definition) is 7. The Morgan fingerprint density at radius 2 is 2.10 bits per heavy atom. The number of aromatic nitrogens is 4. The Morgan fingerprint density at radius 1 is 1.27 bits per heavy atom. The number of rotatable bonds is 6. The molecular weight excluding hydrogens is 382 g/mol. The largest absolute Gasteiger partial charge is 0.393 e. The fourth-order valence-corrected chi connectivity index (χ4v) is 3.53. The summed E-state index contributed by atoms with van der Waals surface area (Å²) in [4.78, 5) is 21.4. The van der Waals surface area contributed by atoms with Crippen LogP contribution in [0, 0.1) is 5.92 Å². The van der Waals surface area contributed by atoms with E-state index in [1.54, 1.807) is 24.0 Å². The summed E-state index contributed by atoms with van der Waals surface area (Å²) in [5.74, 6) is 1.20. The average molecular weight is 403 g/mol. The summed E-state index contributed by atoms with van der Waals surface area (Å²) in [5, 5.41) is 24.1. The second-order valence-electron chi connectivity index (χ2n) is 7.39. The molecule has 0 bridgehead atoms. The molecule has 1 aliphatic carbocycles. The van der Waals surface area contributed by atoms with Crippen molar-refractivity contribution < 1.29 is 9.90 Å². The summed E-state index contributed by atoms with van der Waals surface area (Å²) in [7, 11) is 1.80. The molecule has 9 heteroatoms. The number of pyridine rings is 1. The predicted octanol–water partition coefficient (Wildman–Crippen LogP) is 2.77. The second-order valence-corrected chi connectivity index (χ2v) is 7.39. The number of anilines is 4. The lowest BCUT2D eigenvalue weighted by molar-refractivity contribution is -0.116. The van der Waals surface area contributed by atoms with Crippen LogP contribution in [0.3, 0.4) is 0 Å². The van der Waals surface area contributed by atoms with Gasteiger partial charge in [0.15, 0.2) is 5.65 Å². The molecule has 0 aliphatic heterocycles. The Labute approximate surface area is 172 Å². The van der Waals surface area contributed by atoms with Crippen LogP contribution in [0.2, 0.25) is 0 Å². The highest BCUT2D eigenvalue weighted by atomic mass is 16.3. The minimum Gasteiger partial charge on any atom is -0.393 e. The van der Waals surface area contributed by atoms with Crippen LogP contribution in [-0.4, -0.2) is 43.7 Å². The summed E-state index contributed by atoms with van der Waals surface area (Å²) >= 11 is 0. The molecule has 0 saturated heterocycles. The lowest BCUT2D eigenvalue weighted by atomic mass is 10.2. The van der Waals surface area contributed by atoms with E-state index < -0.39 is 0 Å². The maximum absolute atomic E-state index is 12.3. The number of benzene rings is 1. The fraction of sp³-hybridized carbons (Fsp3) is 0.238. The van der Waals surface area contributed by atoms with Gasteiger partial charge in [-0.15, -0.1) is 0 Å². The molecule has 30 heavy (non-hydrogen) atoms. The molecular formula is C21H21N7O2. The molecule has 2 unspecified atom stereocenters. The van der Waals surface area contributed by atoms with E-state index in [0.717, 1.165) is 16.6 Å². The van der Waals surface area contributed by atoms with Crippen LogP contribution in [0.5, 0.6) is 0 Å². The zero-order valence-electron chi connectivity index (χ0n) is 16.3. The van der Waals surface area contributed by atoms with Gasteiger partial charge in [0.1, 0.15) is 17.3 Å². The molecule has 4 N–H and O–H groups in total. The number of para-hydroxylation sites is 1. The van der Waals surface area contributed by atoms with Crippen molar-refractivity contribution in [2.24, 2.45) is 5.92 Å². The Hall–Kier alpha value is -3.72. The van der Waals surface area contributed by atoms with Crippen molar-refractivity contribution in [3.8, 4) is 0 Å². The number of nitrogens with zero attached hydrogens (tertiary/aromatic N) is 4. The smallest absolute Gasteiger partial charge is 0.224 e. The third-order valence-corrected chi connectivity index (χ3v) is 5.23. The highest BCUT2D eigenvalue weighted by Crippen LogP contribution is 2.34. The lowest BCUT2D eigenvalue weighted by Gasteiger charge is -2.12. The zero-order chi connectivity index (χ0) is 20.7. The zero-order valence-corrected chi connectivity index (χ0v) is 16.3. The van der Waals surface area contributed by atoms with Crippen molar-refractivity contribution in [1.29, 1.82) is 0 Å². The van der Waals surface area contributed by atoms with Crippen molar-refractivity contribution in [3.05, 3.63) is 48.8 Å². The van der Waals surface area contributed by atoms with Crippen molar-refractivity contribution in [3.63, 3.8) is 0 Å². The van der Waals surface area contributed by atoms with Gasteiger partial charge >= 0.3 is 0 Å². The van der Waals surface area contributed by atoms with Crippen LogP contribution in [0.15, 0.2) is 48.8 Å². The predicted molar refractivity (Wildman–Crippen MR) is 115 cm³/mol. The molecule has 5 rings (SSSR count). The fourth-order valence-electron chi connectivity index (χ4n) is 3.53. The molecule has 4 aromatic rings. The number of aliphatic hydroxyl groups excluding tert-OH is 1. The van der Waals surface area contributed by atoms with Crippen LogP contribution in [0.1, 0.15) is 12.8 Å². The molecule has 3 aromatic heterocycles. The Bertz CT molecular complexity index is 1250. The van der Waals surface area contributed by atoms with E-state index in [1.807, 2.05) is 36.4 Å². The third-order valence-electron chi connectivity index (χ3n) is 5.23. The van der Waals surface area contributed by atoms with Gasteiger partial charge in [0.05, 0.1) is 23.5 Å². The minimum absolute atomic E-state index is 0.0451. The van der Waals surface area contributed by atoms with Gasteiger partial charge in [-0.25, -0.2) is 4.98 Å². The highest BCUT2D eigenvalue weighted by Gasteiger charge is 2.36. The molecule has 2 atom stereocenters. The van der Waals surface area contributed by atoms with E-state index >= 15 is 0 Å². The molecule has 1 aliphatic rings. The van der Waals surface area contributed by atoms with Crippen molar-refractivity contribution >= 4 is 45.5 Å². The van der Waals surface area contributed by atoms with Gasteiger partial charge in [-0.3, -0.25) is 9.78 Å². The van der Waals surface area contributed by atoms with Crippen LogP contribution in [0.4, 0.5) is 23.0 Å². The maximum Gasteiger partial charge on any atom is 0.224 e. The summed E-state index contributed by atoms with van der Waals surface area (Å²) in [6.07, 6.45) is 3.94. The second kappa shape index (κ2) is 7.27. The number of nitrogens with one attached hydrogen (secondary N) is 3. The summed E-state index contributed by atoms with van der Waals surface area (Å²) < 4.78 is 1.63. The molecule has 3 heterocycles. The van der Waals surface area contributed by atoms with Gasteiger partial charge in [-0.05, 0) is 24.5 Å². The standard InChI is InChI=1S/C21H21N7O2/c1-22-18-10-17(25-14-6-2-4-12-5-3-7-23-20(12)14)27-21-15(11-24-28(18)21)26-19(30)9-13-8-16(13)29/h2-7,10-11,13,16,22,29H,8-9H2,1H3,(H,25,27)(H,26,30). The molecule has 9 nitrogen and oxygen atoms in total. The molecule has 1 saturated carbocycles. The Balaban J connectivity index is 1.48. The van der Waals surface area contributed by atoms with Gasteiger partial charge in [0.25, 0.3) is 0 Å². The highest BCUT2D eigenvalue weighted by molar-refractivity contribution is 5.95. The SMILES string of the molecule is CNc1cc(Nc2cccc3cccnc23)nc2c(NC(=O)CC3CC3O)cnn12. The molecule has 1 fully saturated rings. The van der Waals surface area contributed by atoms with Gasteiger partial charge < -0.3 is 21.1 Å². The monoisotopic (exact) mass is 403 g/mol. The average Bonchev–Trinajstić information content (AvgIpc) is 3.29. The topological polar surface area (TPSA) is 116 Å². The molecule has 152 valence electrons. The first-order valence-corrected chi connectivity index (χ1v) is 9.77. The van der Waals surface area contributed by atoms with E-state index in [-0.39, 0.29) is 24.3 Å². The molecule has 1 amide bonds. The number of aliphatic hydroxyl groups is 1. The number of hydrogen-bond donors (Lipinski definition) is 4. The van der Waals surface area contributed by atoms with E-state index in [9.17, 15) is 9.90 Å². The molecule has 1 aromatic carbocycles. The third kappa shape index (κ3) is 3.39. The van der Waals surface area contributed by atoms with E-state index in [0.29, 0.717) is 29.4 Å². The van der Waals surface area contributed by atoms with Crippen LogP contribution in [-0.2, 0) is 4.79 Å². The lowest BCUT2D eigenvalue weighted by Crippen LogP contribution is -2.13. The van der Waals surface area contributed by atoms with Gasteiger partial charge in [0, 0.05) is 31.1 Å². The van der Waals surface area contributed by atoms with E-state index in [4.69, 9.17) is 0 Å². The van der Waals surface area contributed by atoms with E-state index in [2.05, 4.69) is 31.0 Å². The normalized spacial score (nSPS) is 17.8. The maximum atomic E-state index is 12.3. The van der Waals surface area contributed by atoms with Crippen molar-refractivity contribution in [1.82, 2.24) is 19.6 Å². The number of amides is 1. The first-order valence-electron chi connectivity index (χ1n) is 9.77. The quantitative estimate of drug-likeness (QED) is 0.391. The van der Waals surface area contributed by atoms with Crippen LogP contribution in [0.25, 0.3) is 16.6 Å². The number of fused-ring (bicyclic) bond motifs is 2. The minimum atomic E-state index is -0.362. The summed E-state index contributed by atoms with van der Waals surface area (Å²) in [6.45, 7) is 0. The molecule has 0 radical (unpaired) electrons. The Morgan fingerprint density at radius 3 is 2.90 bits per heavy atom. The first-order chi connectivity index (χ1) is 14.6. The Kier molecular flexibility index (Phi) is 4.44. The summed E-state index contributed by atoms with van der Waals surface area (Å²) in [5.41, 5.74) is 2.71. The number of carbonyl (C=O) groups excluding carboxylic acids is 1.